The largest absolute Gasteiger partial charge is 1.00 e. The van der Waals surface area contributed by atoms with E-state index >= 15 is 0 Å². The molecule has 0 saturated carbocycles. The topological polar surface area (TPSA) is 52.6 Å². The zero-order valence-electron chi connectivity index (χ0n) is 16.9. The summed E-state index contributed by atoms with van der Waals surface area (Å²) in [4.78, 5) is 8.00. The summed E-state index contributed by atoms with van der Waals surface area (Å²) in [7, 11) is -0.743. The molecule has 0 aliphatic carbocycles. The molecule has 1 aliphatic heterocycles. The van der Waals surface area contributed by atoms with Crippen LogP contribution in [0.4, 0.5) is 0 Å². The average molecular weight is 379 g/mol. The second kappa shape index (κ2) is 14.8. The molecule has 0 radical (unpaired) electrons. The van der Waals surface area contributed by atoms with E-state index in [-0.39, 0.29) is 36.2 Å². The normalized spacial score (nSPS) is 14.0. The van der Waals surface area contributed by atoms with Gasteiger partial charge in [0.05, 0.1) is 0 Å². The fourth-order valence-corrected chi connectivity index (χ4v) is 3.99. The van der Waals surface area contributed by atoms with Crippen molar-refractivity contribution in [3.63, 3.8) is 0 Å². The number of benzene rings is 1. The number of hydrogen-bond donors (Lipinski definition) is 0. The van der Waals surface area contributed by atoms with Crippen molar-refractivity contribution in [1.82, 2.24) is 0 Å². The summed E-state index contributed by atoms with van der Waals surface area (Å²) < 4.78 is 23.0. The Morgan fingerprint density at radius 1 is 1.12 bits per heavy atom. The Morgan fingerprint density at radius 2 is 1.76 bits per heavy atom. The average Bonchev–Trinajstić information content (AvgIpc) is 3.07. The molecule has 0 saturated heterocycles. The van der Waals surface area contributed by atoms with E-state index in [0.29, 0.717) is 6.79 Å². The van der Waals surface area contributed by atoms with Crippen molar-refractivity contribution in [3.8, 4) is 11.5 Å². The molecule has 1 aromatic rings. The van der Waals surface area contributed by atoms with E-state index in [1.165, 1.54) is 37.7 Å². The molecule has 0 N–H and O–H groups in total. The maximum absolute atomic E-state index is 12.3. The van der Waals surface area contributed by atoms with Gasteiger partial charge < -0.3 is 15.7 Å². The summed E-state index contributed by atoms with van der Waals surface area (Å²) in [6.45, 7) is 6.61. The van der Waals surface area contributed by atoms with Crippen LogP contribution in [0.3, 0.4) is 0 Å². The Labute approximate surface area is 178 Å². The molecule has 25 heavy (non-hydrogen) atoms. The third-order valence-electron chi connectivity index (χ3n) is 4.11. The number of carbonyl (C=O) groups excluding carboxylic acids is 1. The van der Waals surface area contributed by atoms with Crippen LogP contribution >= 0.6 is 0 Å². The molecule has 0 bridgehead atoms. The minimum Gasteiger partial charge on any atom is -1.00 e. The van der Waals surface area contributed by atoms with Crippen LogP contribution in [-0.4, -0.2) is 28.8 Å². The quantitative estimate of drug-likeness (QED) is 0.456. The maximum Gasteiger partial charge on any atom is 1.00 e. The third-order valence-corrected chi connectivity index (χ3v) is 5.86. The van der Waals surface area contributed by atoms with Gasteiger partial charge in [-0.25, -0.2) is 0 Å². The van der Waals surface area contributed by atoms with Gasteiger partial charge in [0, 0.05) is 21.8 Å². The fourth-order valence-electron chi connectivity index (χ4n) is 2.72. The van der Waals surface area contributed by atoms with E-state index in [2.05, 4.69) is 13.8 Å². The fraction of sp³-hybridized carbons (Fsp3) is 0.632. The number of hydrogen-bond acceptors (Lipinski definition) is 4. The molecule has 0 fully saturated rings. The van der Waals surface area contributed by atoms with Crippen molar-refractivity contribution in [2.45, 2.75) is 64.0 Å². The van der Waals surface area contributed by atoms with Gasteiger partial charge >= 0.3 is 29.6 Å². The van der Waals surface area contributed by atoms with Gasteiger partial charge in [0.15, 0.2) is 11.5 Å². The first-order chi connectivity index (χ1) is 11.7. The zero-order valence-corrected chi connectivity index (χ0v) is 18.7. The minimum absolute atomic E-state index is 0. The van der Waals surface area contributed by atoms with Gasteiger partial charge in [-0.1, -0.05) is 52.0 Å². The van der Waals surface area contributed by atoms with E-state index in [4.69, 9.17) is 14.3 Å². The molecule has 1 aromatic carbocycles. The molecule has 0 spiro atoms. The van der Waals surface area contributed by atoms with Gasteiger partial charge in [0.25, 0.3) is 0 Å². The van der Waals surface area contributed by atoms with Crippen LogP contribution in [0, 0.1) is 0 Å². The molecule has 2 atom stereocenters. The molecule has 0 amide bonds. The summed E-state index contributed by atoms with van der Waals surface area (Å²) in [5, 5.41) is 0.191. The second-order valence-corrected chi connectivity index (χ2v) is 8.03. The predicted octanol–water partition coefficient (Wildman–Crippen LogP) is 1.39. The summed E-state index contributed by atoms with van der Waals surface area (Å²) in [5.74, 6) is 2.45. The van der Waals surface area contributed by atoms with E-state index in [1.807, 2.05) is 25.0 Å². The molecule has 6 heteroatoms. The van der Waals surface area contributed by atoms with Crippen molar-refractivity contribution in [2.75, 3.05) is 12.5 Å². The molecule has 138 valence electrons. The Hall–Kier alpha value is -0.360. The Balaban J connectivity index is 0. The van der Waals surface area contributed by atoms with Gasteiger partial charge in [0.1, 0.15) is 6.79 Å². The summed E-state index contributed by atoms with van der Waals surface area (Å²) in [5.41, 5.74) is 1.17. The van der Waals surface area contributed by atoms with Crippen molar-refractivity contribution in [1.29, 1.82) is 0 Å². The number of unbranched alkanes of at least 4 members (excludes halogenated alkanes) is 5. The SMILES string of the molecule is C=O.CCCCCCCCS(=O)C(C)Cc1ccc2c(c1)OCO2.[H-].[Na+]. The molecule has 0 aromatic heterocycles. The standard InChI is InChI=1S/C18H28O3S.CH2O.Na.H/c1-3-4-5-6-7-8-11-22(19)15(2)12-16-9-10-17-18(13-16)21-14-20-17;1-2;;/h9-10,13,15H,3-8,11-12,14H2,1-2H3;1H2;;/q;;+1;-1. The minimum atomic E-state index is -0.743. The van der Waals surface area contributed by atoms with Crippen molar-refractivity contribution in [2.24, 2.45) is 0 Å². The molecular formula is C19H31NaO4S. The molecule has 2 unspecified atom stereocenters. The first kappa shape index (κ1) is 24.6. The van der Waals surface area contributed by atoms with Crippen molar-refractivity contribution >= 4 is 17.6 Å². The summed E-state index contributed by atoms with van der Waals surface area (Å²) in [6.07, 6.45) is 8.32. The Morgan fingerprint density at radius 3 is 2.48 bits per heavy atom. The van der Waals surface area contributed by atoms with E-state index in [1.54, 1.807) is 0 Å². The monoisotopic (exact) mass is 378 g/mol. The van der Waals surface area contributed by atoms with Crippen LogP contribution in [0.25, 0.3) is 0 Å². The number of fused-ring (bicyclic) bond motifs is 1. The Kier molecular flexibility index (Phi) is 14.6. The Bertz CT molecular complexity index is 516. The van der Waals surface area contributed by atoms with Gasteiger partial charge in [-0.15, -0.1) is 0 Å². The van der Waals surface area contributed by atoms with Gasteiger partial charge in [0.2, 0.25) is 6.79 Å². The van der Waals surface area contributed by atoms with Crippen molar-refractivity contribution < 1.29 is 49.5 Å². The van der Waals surface area contributed by atoms with Crippen LogP contribution in [0.5, 0.6) is 11.5 Å². The molecule has 1 aliphatic rings. The second-order valence-electron chi connectivity index (χ2n) is 6.05. The van der Waals surface area contributed by atoms with E-state index in [9.17, 15) is 4.21 Å². The van der Waals surface area contributed by atoms with Crippen molar-refractivity contribution in [3.05, 3.63) is 23.8 Å². The number of ether oxygens (including phenoxy) is 2. The third kappa shape index (κ3) is 9.23. The maximum atomic E-state index is 12.3. The van der Waals surface area contributed by atoms with Crippen LogP contribution in [0.2, 0.25) is 0 Å². The smallest absolute Gasteiger partial charge is 1.00 e. The first-order valence-electron chi connectivity index (χ1n) is 8.75. The summed E-state index contributed by atoms with van der Waals surface area (Å²) in [6, 6.07) is 6.01. The van der Waals surface area contributed by atoms with Crippen LogP contribution < -0.4 is 39.0 Å². The van der Waals surface area contributed by atoms with E-state index < -0.39 is 10.8 Å². The predicted molar refractivity (Wildman–Crippen MR) is 100 cm³/mol. The van der Waals surface area contributed by atoms with Crippen LogP contribution in [0.1, 0.15) is 59.4 Å². The van der Waals surface area contributed by atoms with Gasteiger partial charge in [-0.05, 0) is 30.5 Å². The molecule has 4 nitrogen and oxygen atoms in total. The van der Waals surface area contributed by atoms with Crippen LogP contribution in [0.15, 0.2) is 18.2 Å². The first-order valence-corrected chi connectivity index (χ1v) is 10.1. The molecular weight excluding hydrogens is 347 g/mol. The molecule has 1 heterocycles. The summed E-state index contributed by atoms with van der Waals surface area (Å²) >= 11 is 0. The van der Waals surface area contributed by atoms with Gasteiger partial charge in [-0.2, -0.15) is 0 Å². The van der Waals surface area contributed by atoms with Gasteiger partial charge in [-0.3, -0.25) is 4.21 Å². The van der Waals surface area contributed by atoms with E-state index in [0.717, 1.165) is 30.1 Å². The zero-order chi connectivity index (χ0) is 17.8. The van der Waals surface area contributed by atoms with Crippen LogP contribution in [-0.2, 0) is 22.0 Å². The molecule has 2 rings (SSSR count). The number of rotatable bonds is 10. The number of carbonyl (C=O) groups is 1.